The molecular formula is C15H12F3NO2. The lowest BCUT2D eigenvalue weighted by Gasteiger charge is -2.18. The fourth-order valence-corrected chi connectivity index (χ4v) is 1.82. The van der Waals surface area contributed by atoms with Crippen molar-refractivity contribution < 1.29 is 22.7 Å². The first-order valence-electron chi connectivity index (χ1n) is 6.01. The van der Waals surface area contributed by atoms with E-state index in [1.165, 1.54) is 24.1 Å². The second kappa shape index (κ2) is 5.87. The number of methoxy groups -OCH3 is 1. The van der Waals surface area contributed by atoms with Crippen LogP contribution in [0.25, 0.3) is 0 Å². The minimum absolute atomic E-state index is 0.350. The Morgan fingerprint density at radius 2 is 1.43 bits per heavy atom. The van der Waals surface area contributed by atoms with Crippen molar-refractivity contribution in [1.29, 1.82) is 0 Å². The van der Waals surface area contributed by atoms with E-state index in [2.05, 4.69) is 0 Å². The van der Waals surface area contributed by atoms with Gasteiger partial charge in [-0.3, -0.25) is 9.69 Å². The molecule has 2 rings (SSSR count). The van der Waals surface area contributed by atoms with Gasteiger partial charge >= 0.3 is 6.18 Å². The van der Waals surface area contributed by atoms with Gasteiger partial charge in [-0.25, -0.2) is 0 Å². The molecule has 21 heavy (non-hydrogen) atoms. The molecule has 0 aliphatic heterocycles. The lowest BCUT2D eigenvalue weighted by Crippen LogP contribution is -2.14. The predicted molar refractivity (Wildman–Crippen MR) is 72.6 cm³/mol. The van der Waals surface area contributed by atoms with Crippen LogP contribution in [0, 0.1) is 0 Å². The van der Waals surface area contributed by atoms with E-state index in [0.29, 0.717) is 23.5 Å². The fourth-order valence-electron chi connectivity index (χ4n) is 1.82. The van der Waals surface area contributed by atoms with Gasteiger partial charge in [0, 0.05) is 11.4 Å². The molecule has 2 aromatic carbocycles. The molecule has 0 fully saturated rings. The summed E-state index contributed by atoms with van der Waals surface area (Å²) in [6.07, 6.45) is -3.85. The van der Waals surface area contributed by atoms with Crippen LogP contribution < -0.4 is 9.64 Å². The van der Waals surface area contributed by atoms with Gasteiger partial charge in [-0.2, -0.15) is 13.2 Å². The number of amides is 1. The molecule has 0 radical (unpaired) electrons. The van der Waals surface area contributed by atoms with Crippen molar-refractivity contribution in [2.45, 2.75) is 6.18 Å². The number of halogens is 3. The van der Waals surface area contributed by atoms with Crippen LogP contribution in [0.3, 0.4) is 0 Å². The third-order valence-corrected chi connectivity index (χ3v) is 2.93. The Labute approximate surface area is 119 Å². The Morgan fingerprint density at radius 3 is 1.81 bits per heavy atom. The number of carbonyl (C=O) groups excluding carboxylic acids is 1. The largest absolute Gasteiger partial charge is 0.497 e. The normalized spacial score (nSPS) is 11.0. The van der Waals surface area contributed by atoms with Crippen molar-refractivity contribution in [3.8, 4) is 5.75 Å². The highest BCUT2D eigenvalue weighted by Gasteiger charge is 2.30. The number of benzene rings is 2. The maximum absolute atomic E-state index is 12.5. The summed E-state index contributed by atoms with van der Waals surface area (Å²) in [6.45, 7) is 0. The van der Waals surface area contributed by atoms with Crippen molar-refractivity contribution in [3.05, 3.63) is 54.1 Å². The Hall–Kier alpha value is -2.50. The molecule has 0 unspecified atom stereocenters. The summed E-state index contributed by atoms with van der Waals surface area (Å²) in [6, 6.07) is 11.0. The molecule has 110 valence electrons. The van der Waals surface area contributed by atoms with Gasteiger partial charge in [0.05, 0.1) is 12.7 Å². The highest BCUT2D eigenvalue weighted by atomic mass is 19.4. The van der Waals surface area contributed by atoms with Crippen molar-refractivity contribution in [2.24, 2.45) is 0 Å². The predicted octanol–water partition coefficient (Wildman–Crippen LogP) is 4.01. The lowest BCUT2D eigenvalue weighted by atomic mass is 10.2. The molecule has 3 nitrogen and oxygen atoms in total. The second-order valence-corrected chi connectivity index (χ2v) is 4.22. The van der Waals surface area contributed by atoms with E-state index in [4.69, 9.17) is 4.74 Å². The molecule has 0 saturated heterocycles. The molecule has 0 saturated carbocycles. The Balaban J connectivity index is 2.30. The average Bonchev–Trinajstić information content (AvgIpc) is 2.48. The monoisotopic (exact) mass is 295 g/mol. The number of ether oxygens (including phenoxy) is 1. The molecular weight excluding hydrogens is 283 g/mol. The molecule has 1 amide bonds. The van der Waals surface area contributed by atoms with Gasteiger partial charge in [0.15, 0.2) is 0 Å². The first-order valence-corrected chi connectivity index (χ1v) is 6.01. The van der Waals surface area contributed by atoms with Gasteiger partial charge in [-0.1, -0.05) is 0 Å². The summed E-state index contributed by atoms with van der Waals surface area (Å²) in [5.41, 5.74) is 0.126. The molecule has 0 atom stereocenters. The number of rotatable bonds is 4. The Bertz CT molecular complexity index is 606. The van der Waals surface area contributed by atoms with Crippen LogP contribution in [0.4, 0.5) is 24.5 Å². The highest BCUT2D eigenvalue weighted by Crippen LogP contribution is 2.32. The maximum atomic E-state index is 12.5. The highest BCUT2D eigenvalue weighted by molar-refractivity contribution is 5.86. The summed E-state index contributed by atoms with van der Waals surface area (Å²) in [4.78, 5) is 12.5. The molecule has 0 N–H and O–H groups in total. The smallest absolute Gasteiger partial charge is 0.416 e. The minimum atomic E-state index is -4.40. The van der Waals surface area contributed by atoms with Crippen LogP contribution in [0.2, 0.25) is 0 Å². The van der Waals surface area contributed by atoms with E-state index < -0.39 is 11.7 Å². The number of nitrogens with zero attached hydrogens (tertiary/aromatic N) is 1. The molecule has 0 spiro atoms. The van der Waals surface area contributed by atoms with Gasteiger partial charge in [-0.05, 0) is 48.5 Å². The van der Waals surface area contributed by atoms with E-state index in [1.807, 2.05) is 0 Å². The Morgan fingerprint density at radius 1 is 0.952 bits per heavy atom. The van der Waals surface area contributed by atoms with Crippen LogP contribution in [0.5, 0.6) is 5.75 Å². The molecule has 2 aromatic rings. The van der Waals surface area contributed by atoms with E-state index in [0.717, 1.165) is 12.1 Å². The fraction of sp³-hybridized carbons (Fsp3) is 0.133. The zero-order chi connectivity index (χ0) is 15.5. The molecule has 0 aliphatic carbocycles. The molecule has 6 heteroatoms. The van der Waals surface area contributed by atoms with Gasteiger partial charge < -0.3 is 4.74 Å². The third kappa shape index (κ3) is 3.34. The standard InChI is InChI=1S/C15H12F3NO2/c1-21-14-8-6-13(7-9-14)19(10-20)12-4-2-11(3-5-12)15(16,17)18/h2-10H,1H3. The van der Waals surface area contributed by atoms with Crippen LogP contribution in [0.15, 0.2) is 48.5 Å². The number of hydrogen-bond donors (Lipinski definition) is 0. The van der Waals surface area contributed by atoms with Crippen molar-refractivity contribution in [1.82, 2.24) is 0 Å². The molecule has 0 bridgehead atoms. The van der Waals surface area contributed by atoms with Gasteiger partial charge in [-0.15, -0.1) is 0 Å². The third-order valence-electron chi connectivity index (χ3n) is 2.93. The van der Waals surface area contributed by atoms with E-state index in [1.54, 1.807) is 24.3 Å². The number of alkyl halides is 3. The lowest BCUT2D eigenvalue weighted by molar-refractivity contribution is -0.137. The van der Waals surface area contributed by atoms with Crippen LogP contribution in [-0.2, 0) is 11.0 Å². The topological polar surface area (TPSA) is 29.5 Å². The minimum Gasteiger partial charge on any atom is -0.497 e. The van der Waals surface area contributed by atoms with Crippen molar-refractivity contribution in [3.63, 3.8) is 0 Å². The summed E-state index contributed by atoms with van der Waals surface area (Å²) in [5, 5.41) is 0. The van der Waals surface area contributed by atoms with Crippen LogP contribution in [-0.4, -0.2) is 13.5 Å². The number of hydrogen-bond acceptors (Lipinski definition) is 2. The summed E-state index contributed by atoms with van der Waals surface area (Å²) in [7, 11) is 1.52. The molecule has 0 heterocycles. The van der Waals surface area contributed by atoms with Gasteiger partial charge in [0.25, 0.3) is 0 Å². The van der Waals surface area contributed by atoms with Crippen molar-refractivity contribution >= 4 is 17.8 Å². The van der Waals surface area contributed by atoms with E-state index in [9.17, 15) is 18.0 Å². The summed E-state index contributed by atoms with van der Waals surface area (Å²) in [5.74, 6) is 0.622. The van der Waals surface area contributed by atoms with E-state index in [-0.39, 0.29) is 0 Å². The number of carbonyl (C=O) groups is 1. The zero-order valence-electron chi connectivity index (χ0n) is 11.1. The quantitative estimate of drug-likeness (QED) is 0.798. The Kier molecular flexibility index (Phi) is 4.16. The first-order chi connectivity index (χ1) is 9.95. The van der Waals surface area contributed by atoms with Crippen molar-refractivity contribution in [2.75, 3.05) is 12.0 Å². The second-order valence-electron chi connectivity index (χ2n) is 4.22. The van der Waals surface area contributed by atoms with Crippen LogP contribution >= 0.6 is 0 Å². The summed E-state index contributed by atoms with van der Waals surface area (Å²) >= 11 is 0. The summed E-state index contributed by atoms with van der Waals surface area (Å²) < 4.78 is 42.5. The zero-order valence-corrected chi connectivity index (χ0v) is 11.1. The first kappa shape index (κ1) is 14.9. The van der Waals surface area contributed by atoms with E-state index >= 15 is 0 Å². The van der Waals surface area contributed by atoms with Crippen LogP contribution in [0.1, 0.15) is 5.56 Å². The SMILES string of the molecule is COc1ccc(N(C=O)c2ccc(C(F)(F)F)cc2)cc1. The average molecular weight is 295 g/mol. The molecule has 0 aliphatic rings. The number of anilines is 2. The van der Waals surface area contributed by atoms with Gasteiger partial charge in [0.2, 0.25) is 6.41 Å². The maximum Gasteiger partial charge on any atom is 0.416 e. The van der Waals surface area contributed by atoms with Gasteiger partial charge in [0.1, 0.15) is 5.75 Å². The molecule has 0 aromatic heterocycles.